The molecule has 2 rings (SSSR count). The van der Waals surface area contributed by atoms with Gasteiger partial charge in [0, 0.05) is 13.1 Å². The zero-order chi connectivity index (χ0) is 14.9. The van der Waals surface area contributed by atoms with E-state index in [1.165, 1.54) is 36.9 Å². The van der Waals surface area contributed by atoms with E-state index in [9.17, 15) is 0 Å². The van der Waals surface area contributed by atoms with Crippen LogP contribution in [0.5, 0.6) is 5.75 Å². The van der Waals surface area contributed by atoms with Gasteiger partial charge in [0.05, 0.1) is 19.8 Å². The number of ether oxygens (including phenoxy) is 2. The van der Waals surface area contributed by atoms with E-state index in [-0.39, 0.29) is 0 Å². The molecule has 0 unspecified atom stereocenters. The number of benzene rings is 1. The van der Waals surface area contributed by atoms with Crippen molar-refractivity contribution in [1.29, 1.82) is 0 Å². The molecular formula is C18H29NO2. The van der Waals surface area contributed by atoms with E-state index in [1.807, 2.05) is 0 Å². The van der Waals surface area contributed by atoms with Crippen LogP contribution < -0.4 is 4.74 Å². The van der Waals surface area contributed by atoms with Gasteiger partial charge < -0.3 is 9.47 Å². The van der Waals surface area contributed by atoms with Crippen molar-refractivity contribution in [1.82, 2.24) is 4.90 Å². The average molecular weight is 291 g/mol. The van der Waals surface area contributed by atoms with Crippen molar-refractivity contribution in [3.8, 4) is 5.75 Å². The largest absolute Gasteiger partial charge is 0.494 e. The number of hydrogen-bond donors (Lipinski definition) is 0. The van der Waals surface area contributed by atoms with Crippen LogP contribution in [0, 0.1) is 13.8 Å². The molecule has 0 N–H and O–H groups in total. The smallest absolute Gasteiger partial charge is 0.119 e. The fraction of sp³-hybridized carbons (Fsp3) is 0.667. The van der Waals surface area contributed by atoms with E-state index in [4.69, 9.17) is 9.47 Å². The summed E-state index contributed by atoms with van der Waals surface area (Å²) < 4.78 is 11.2. The van der Waals surface area contributed by atoms with Gasteiger partial charge in [0.1, 0.15) is 5.75 Å². The third-order valence-corrected chi connectivity index (χ3v) is 4.22. The molecular weight excluding hydrogens is 262 g/mol. The summed E-state index contributed by atoms with van der Waals surface area (Å²) in [6.45, 7) is 10.3. The second-order valence-corrected chi connectivity index (χ2v) is 5.96. The molecule has 0 atom stereocenters. The maximum Gasteiger partial charge on any atom is 0.119 e. The van der Waals surface area contributed by atoms with Gasteiger partial charge in [-0.25, -0.2) is 0 Å². The van der Waals surface area contributed by atoms with Crippen molar-refractivity contribution < 1.29 is 9.47 Å². The third-order valence-electron chi connectivity index (χ3n) is 4.22. The predicted molar refractivity (Wildman–Crippen MR) is 87.1 cm³/mol. The Labute approximate surface area is 129 Å². The van der Waals surface area contributed by atoms with Crippen LogP contribution in [0.2, 0.25) is 0 Å². The minimum Gasteiger partial charge on any atom is -0.494 e. The number of aryl methyl sites for hydroxylation is 2. The van der Waals surface area contributed by atoms with Crippen LogP contribution >= 0.6 is 0 Å². The maximum atomic E-state index is 5.81. The molecule has 0 bridgehead atoms. The van der Waals surface area contributed by atoms with Crippen molar-refractivity contribution in [3.63, 3.8) is 0 Å². The highest BCUT2D eigenvalue weighted by Gasteiger charge is 2.08. The molecule has 1 aromatic carbocycles. The average Bonchev–Trinajstić information content (AvgIpc) is 2.51. The van der Waals surface area contributed by atoms with Gasteiger partial charge in [0.2, 0.25) is 0 Å². The Hall–Kier alpha value is -1.06. The zero-order valence-electron chi connectivity index (χ0n) is 13.6. The summed E-state index contributed by atoms with van der Waals surface area (Å²) in [6.07, 6.45) is 5.00. The normalized spacial score (nSPS) is 16.1. The fourth-order valence-corrected chi connectivity index (χ4v) is 2.61. The third kappa shape index (κ3) is 6.06. The molecule has 0 aliphatic carbocycles. The van der Waals surface area contributed by atoms with E-state index >= 15 is 0 Å². The lowest BCUT2D eigenvalue weighted by Crippen LogP contribution is -2.36. The van der Waals surface area contributed by atoms with E-state index in [0.29, 0.717) is 0 Å². The van der Waals surface area contributed by atoms with E-state index in [2.05, 4.69) is 36.9 Å². The molecule has 1 saturated heterocycles. The SMILES string of the molecule is Cc1ccc(OCCCCCCN2CCOCC2)cc1C. The van der Waals surface area contributed by atoms with Crippen molar-refractivity contribution >= 4 is 0 Å². The highest BCUT2D eigenvalue weighted by Crippen LogP contribution is 2.16. The molecule has 0 aromatic heterocycles. The zero-order valence-corrected chi connectivity index (χ0v) is 13.6. The van der Waals surface area contributed by atoms with Crippen LogP contribution in [0.1, 0.15) is 36.8 Å². The first-order valence-electron chi connectivity index (χ1n) is 8.26. The van der Waals surface area contributed by atoms with Crippen molar-refractivity contribution in [2.45, 2.75) is 39.5 Å². The van der Waals surface area contributed by atoms with Crippen LogP contribution in [-0.4, -0.2) is 44.4 Å². The Morgan fingerprint density at radius 1 is 1.00 bits per heavy atom. The molecule has 1 heterocycles. The van der Waals surface area contributed by atoms with Crippen LogP contribution in [0.25, 0.3) is 0 Å². The Balaban J connectivity index is 1.48. The van der Waals surface area contributed by atoms with Crippen LogP contribution in [0.3, 0.4) is 0 Å². The number of nitrogens with zero attached hydrogens (tertiary/aromatic N) is 1. The van der Waals surface area contributed by atoms with Gasteiger partial charge in [-0.15, -0.1) is 0 Å². The van der Waals surface area contributed by atoms with E-state index < -0.39 is 0 Å². The molecule has 1 aliphatic heterocycles. The molecule has 1 aromatic rings. The quantitative estimate of drug-likeness (QED) is 0.683. The number of rotatable bonds is 8. The van der Waals surface area contributed by atoms with Gasteiger partial charge >= 0.3 is 0 Å². The van der Waals surface area contributed by atoms with Gasteiger partial charge in [0.15, 0.2) is 0 Å². The van der Waals surface area contributed by atoms with E-state index in [0.717, 1.165) is 45.1 Å². The Morgan fingerprint density at radius 3 is 2.52 bits per heavy atom. The van der Waals surface area contributed by atoms with Crippen molar-refractivity contribution in [3.05, 3.63) is 29.3 Å². The topological polar surface area (TPSA) is 21.7 Å². The summed E-state index contributed by atoms with van der Waals surface area (Å²) in [7, 11) is 0. The molecule has 3 heteroatoms. The first-order chi connectivity index (χ1) is 10.3. The summed E-state index contributed by atoms with van der Waals surface area (Å²) in [5, 5.41) is 0. The predicted octanol–water partition coefficient (Wildman–Crippen LogP) is 3.57. The molecule has 21 heavy (non-hydrogen) atoms. The molecule has 0 radical (unpaired) electrons. The van der Waals surface area contributed by atoms with Gasteiger partial charge in [0.25, 0.3) is 0 Å². The molecule has 0 saturated carbocycles. The summed E-state index contributed by atoms with van der Waals surface area (Å²) in [5.41, 5.74) is 2.63. The first-order valence-corrected chi connectivity index (χ1v) is 8.26. The monoisotopic (exact) mass is 291 g/mol. The number of hydrogen-bond acceptors (Lipinski definition) is 3. The Kier molecular flexibility index (Phi) is 7.04. The van der Waals surface area contributed by atoms with Gasteiger partial charge in [-0.1, -0.05) is 18.9 Å². The van der Waals surface area contributed by atoms with Gasteiger partial charge in [-0.3, -0.25) is 4.90 Å². The standard InChI is InChI=1S/C18H29NO2/c1-16-7-8-18(15-17(16)2)21-12-6-4-3-5-9-19-10-13-20-14-11-19/h7-8,15H,3-6,9-14H2,1-2H3. The highest BCUT2D eigenvalue weighted by atomic mass is 16.5. The summed E-state index contributed by atoms with van der Waals surface area (Å²) in [6, 6.07) is 6.33. The second kappa shape index (κ2) is 9.06. The second-order valence-electron chi connectivity index (χ2n) is 5.96. The van der Waals surface area contributed by atoms with Crippen molar-refractivity contribution in [2.24, 2.45) is 0 Å². The lowest BCUT2D eigenvalue weighted by Gasteiger charge is -2.26. The highest BCUT2D eigenvalue weighted by molar-refractivity contribution is 5.33. The maximum absolute atomic E-state index is 5.81. The lowest BCUT2D eigenvalue weighted by atomic mass is 10.1. The van der Waals surface area contributed by atoms with Crippen LogP contribution in [0.4, 0.5) is 0 Å². The Morgan fingerprint density at radius 2 is 1.76 bits per heavy atom. The molecule has 1 fully saturated rings. The number of unbranched alkanes of at least 4 members (excludes halogenated alkanes) is 3. The molecule has 3 nitrogen and oxygen atoms in total. The first kappa shape index (κ1) is 16.3. The summed E-state index contributed by atoms with van der Waals surface area (Å²) in [4.78, 5) is 2.51. The minimum absolute atomic E-state index is 0.833. The fourth-order valence-electron chi connectivity index (χ4n) is 2.61. The summed E-state index contributed by atoms with van der Waals surface area (Å²) >= 11 is 0. The van der Waals surface area contributed by atoms with Gasteiger partial charge in [-0.2, -0.15) is 0 Å². The molecule has 118 valence electrons. The molecule has 0 spiro atoms. The van der Waals surface area contributed by atoms with E-state index in [1.54, 1.807) is 0 Å². The summed E-state index contributed by atoms with van der Waals surface area (Å²) in [5.74, 6) is 1.01. The molecule has 1 aliphatic rings. The Bertz CT molecular complexity index is 414. The number of morpholine rings is 1. The minimum atomic E-state index is 0.833. The van der Waals surface area contributed by atoms with Gasteiger partial charge in [-0.05, 0) is 56.5 Å². The van der Waals surface area contributed by atoms with Crippen LogP contribution in [-0.2, 0) is 4.74 Å². The van der Waals surface area contributed by atoms with Crippen LogP contribution in [0.15, 0.2) is 18.2 Å². The molecule has 0 amide bonds. The lowest BCUT2D eigenvalue weighted by molar-refractivity contribution is 0.0371. The van der Waals surface area contributed by atoms with Crippen molar-refractivity contribution in [2.75, 3.05) is 39.5 Å².